The third kappa shape index (κ3) is 3.07. The van der Waals surface area contributed by atoms with Crippen molar-refractivity contribution in [2.24, 2.45) is 5.41 Å². The topological polar surface area (TPSA) is 75.3 Å². The second-order valence-electron chi connectivity index (χ2n) is 5.93. The summed E-state index contributed by atoms with van der Waals surface area (Å²) in [6.45, 7) is 3.96. The van der Waals surface area contributed by atoms with Crippen LogP contribution in [-0.4, -0.2) is 23.2 Å². The zero-order valence-corrected chi connectivity index (χ0v) is 11.5. The van der Waals surface area contributed by atoms with Gasteiger partial charge in [0.05, 0.1) is 6.10 Å². The molecule has 1 aromatic rings. The molecule has 0 bridgehead atoms. The van der Waals surface area contributed by atoms with E-state index in [4.69, 9.17) is 5.73 Å². The zero-order valence-electron chi connectivity index (χ0n) is 11.5. The van der Waals surface area contributed by atoms with Crippen molar-refractivity contribution in [2.45, 2.75) is 45.3 Å². The summed E-state index contributed by atoms with van der Waals surface area (Å²) in [6.07, 6.45) is 1.52. The van der Waals surface area contributed by atoms with Gasteiger partial charge < -0.3 is 16.2 Å². The lowest BCUT2D eigenvalue weighted by molar-refractivity contribution is -0.129. The minimum absolute atomic E-state index is 0.0433. The molecule has 4 N–H and O–H groups in total. The summed E-state index contributed by atoms with van der Waals surface area (Å²) in [5, 5.41) is 12.6. The summed E-state index contributed by atoms with van der Waals surface area (Å²) in [6, 6.07) is 7.66. The number of anilines is 1. The molecule has 0 spiro atoms. The third-order valence-corrected chi connectivity index (χ3v) is 4.17. The molecule has 1 aliphatic rings. The summed E-state index contributed by atoms with van der Waals surface area (Å²) < 4.78 is 0. The first-order chi connectivity index (χ1) is 8.89. The third-order valence-electron chi connectivity index (χ3n) is 4.17. The van der Waals surface area contributed by atoms with E-state index in [-0.39, 0.29) is 23.5 Å². The van der Waals surface area contributed by atoms with Gasteiger partial charge in [0.2, 0.25) is 5.91 Å². The Balaban J connectivity index is 1.78. The van der Waals surface area contributed by atoms with Gasteiger partial charge in [-0.1, -0.05) is 26.0 Å². The molecule has 0 saturated heterocycles. The molecule has 0 aromatic heterocycles. The van der Waals surface area contributed by atoms with Crippen LogP contribution < -0.4 is 11.1 Å². The molecule has 0 aliphatic heterocycles. The minimum Gasteiger partial charge on any atom is -0.399 e. The fourth-order valence-corrected chi connectivity index (χ4v) is 2.36. The standard InChI is InChI=1S/C15H22N2O2/c1-15(2)12(9-13(15)18)17-14(19)8-5-10-3-6-11(16)7-4-10/h3-4,6-7,12-13,18H,5,8-9,16H2,1-2H3,(H,17,19). The van der Waals surface area contributed by atoms with E-state index in [0.29, 0.717) is 19.3 Å². The van der Waals surface area contributed by atoms with E-state index < -0.39 is 0 Å². The Labute approximate surface area is 114 Å². The molecule has 19 heavy (non-hydrogen) atoms. The molecule has 1 aliphatic carbocycles. The number of aliphatic hydroxyl groups excluding tert-OH is 1. The second kappa shape index (κ2) is 5.21. The monoisotopic (exact) mass is 262 g/mol. The van der Waals surface area contributed by atoms with Gasteiger partial charge in [0.1, 0.15) is 0 Å². The highest BCUT2D eigenvalue weighted by molar-refractivity contribution is 5.76. The van der Waals surface area contributed by atoms with Crippen molar-refractivity contribution >= 4 is 11.6 Å². The van der Waals surface area contributed by atoms with Crippen LogP contribution in [0.2, 0.25) is 0 Å². The number of rotatable bonds is 4. The largest absolute Gasteiger partial charge is 0.399 e. The maximum Gasteiger partial charge on any atom is 0.220 e. The highest BCUT2D eigenvalue weighted by Gasteiger charge is 2.47. The molecule has 0 radical (unpaired) electrons. The molecule has 1 saturated carbocycles. The normalized spacial score (nSPS) is 24.6. The Hall–Kier alpha value is -1.55. The molecule has 104 valence electrons. The maximum atomic E-state index is 11.9. The molecule has 0 heterocycles. The molecular formula is C15H22N2O2. The van der Waals surface area contributed by atoms with Crippen molar-refractivity contribution < 1.29 is 9.90 Å². The van der Waals surface area contributed by atoms with Gasteiger partial charge in [-0.05, 0) is 30.5 Å². The number of nitrogens with two attached hydrogens (primary N) is 1. The molecule has 1 amide bonds. The van der Waals surface area contributed by atoms with E-state index in [0.717, 1.165) is 11.3 Å². The number of aryl methyl sites for hydroxylation is 1. The van der Waals surface area contributed by atoms with E-state index in [1.54, 1.807) is 0 Å². The van der Waals surface area contributed by atoms with Crippen LogP contribution in [0.4, 0.5) is 5.69 Å². The highest BCUT2D eigenvalue weighted by atomic mass is 16.3. The van der Waals surface area contributed by atoms with Crippen LogP contribution in [-0.2, 0) is 11.2 Å². The minimum atomic E-state index is -0.310. The van der Waals surface area contributed by atoms with Crippen molar-refractivity contribution in [1.82, 2.24) is 5.32 Å². The van der Waals surface area contributed by atoms with Crippen molar-refractivity contribution in [2.75, 3.05) is 5.73 Å². The molecule has 2 atom stereocenters. The number of carbonyl (C=O) groups excluding carboxylic acids is 1. The second-order valence-corrected chi connectivity index (χ2v) is 5.93. The van der Waals surface area contributed by atoms with Crippen LogP contribution in [0, 0.1) is 5.41 Å². The van der Waals surface area contributed by atoms with Crippen LogP contribution in [0.25, 0.3) is 0 Å². The lowest BCUT2D eigenvalue weighted by Crippen LogP contribution is -2.61. The average Bonchev–Trinajstić information content (AvgIpc) is 2.38. The highest BCUT2D eigenvalue weighted by Crippen LogP contribution is 2.40. The van der Waals surface area contributed by atoms with Crippen LogP contribution in [0.15, 0.2) is 24.3 Å². The van der Waals surface area contributed by atoms with E-state index in [2.05, 4.69) is 5.32 Å². The van der Waals surface area contributed by atoms with Crippen LogP contribution in [0.3, 0.4) is 0 Å². The van der Waals surface area contributed by atoms with Gasteiger partial charge in [-0.25, -0.2) is 0 Å². The van der Waals surface area contributed by atoms with Crippen LogP contribution in [0.1, 0.15) is 32.3 Å². The average molecular weight is 262 g/mol. The number of nitrogens with one attached hydrogen (secondary N) is 1. The quantitative estimate of drug-likeness (QED) is 0.719. The fraction of sp³-hybridized carbons (Fsp3) is 0.533. The van der Waals surface area contributed by atoms with Crippen molar-refractivity contribution in [3.8, 4) is 0 Å². The molecule has 2 unspecified atom stereocenters. The lowest BCUT2D eigenvalue weighted by Gasteiger charge is -2.49. The van der Waals surface area contributed by atoms with E-state index >= 15 is 0 Å². The molecule has 4 heteroatoms. The number of carbonyl (C=O) groups is 1. The summed E-state index contributed by atoms with van der Waals surface area (Å²) in [7, 11) is 0. The summed E-state index contributed by atoms with van der Waals surface area (Å²) in [4.78, 5) is 11.9. The van der Waals surface area contributed by atoms with Gasteiger partial charge in [-0.3, -0.25) is 4.79 Å². The Morgan fingerprint density at radius 1 is 1.42 bits per heavy atom. The van der Waals surface area contributed by atoms with Crippen molar-refractivity contribution in [3.05, 3.63) is 29.8 Å². The Kier molecular flexibility index (Phi) is 3.80. The number of benzene rings is 1. The van der Waals surface area contributed by atoms with E-state index in [1.807, 2.05) is 38.1 Å². The predicted octanol–water partition coefficient (Wildman–Crippen LogP) is 1.48. The predicted molar refractivity (Wildman–Crippen MR) is 75.5 cm³/mol. The van der Waals surface area contributed by atoms with Crippen molar-refractivity contribution in [1.29, 1.82) is 0 Å². The maximum absolute atomic E-state index is 11.9. The van der Waals surface area contributed by atoms with Gasteiger partial charge >= 0.3 is 0 Å². The van der Waals surface area contributed by atoms with Gasteiger partial charge in [0.15, 0.2) is 0 Å². The number of aliphatic hydroxyl groups is 1. The zero-order chi connectivity index (χ0) is 14.0. The van der Waals surface area contributed by atoms with Crippen LogP contribution in [0.5, 0.6) is 0 Å². The molecular weight excluding hydrogens is 240 g/mol. The number of amides is 1. The Morgan fingerprint density at radius 3 is 2.58 bits per heavy atom. The molecule has 4 nitrogen and oxygen atoms in total. The van der Waals surface area contributed by atoms with Gasteiger partial charge in [0.25, 0.3) is 0 Å². The Bertz CT molecular complexity index is 454. The van der Waals surface area contributed by atoms with E-state index in [9.17, 15) is 9.90 Å². The SMILES string of the molecule is CC1(C)C(O)CC1NC(=O)CCc1ccc(N)cc1. The fourth-order valence-electron chi connectivity index (χ4n) is 2.36. The first kappa shape index (κ1) is 13.9. The number of hydrogen-bond donors (Lipinski definition) is 3. The first-order valence-corrected chi connectivity index (χ1v) is 6.71. The lowest BCUT2D eigenvalue weighted by atomic mass is 9.64. The molecule has 2 rings (SSSR count). The molecule has 1 fully saturated rings. The van der Waals surface area contributed by atoms with Crippen molar-refractivity contribution in [3.63, 3.8) is 0 Å². The van der Waals surface area contributed by atoms with Gasteiger partial charge in [0, 0.05) is 23.6 Å². The number of nitrogen functional groups attached to an aromatic ring is 1. The molecule has 1 aromatic carbocycles. The van der Waals surface area contributed by atoms with Gasteiger partial charge in [-0.15, -0.1) is 0 Å². The van der Waals surface area contributed by atoms with Crippen LogP contribution >= 0.6 is 0 Å². The number of hydrogen-bond acceptors (Lipinski definition) is 3. The van der Waals surface area contributed by atoms with Gasteiger partial charge in [-0.2, -0.15) is 0 Å². The van der Waals surface area contributed by atoms with E-state index in [1.165, 1.54) is 0 Å². The Morgan fingerprint density at radius 2 is 2.05 bits per heavy atom. The first-order valence-electron chi connectivity index (χ1n) is 6.71. The summed E-state index contributed by atoms with van der Waals surface area (Å²) >= 11 is 0. The summed E-state index contributed by atoms with van der Waals surface area (Å²) in [5.74, 6) is 0.0433. The smallest absolute Gasteiger partial charge is 0.220 e. The summed E-state index contributed by atoms with van der Waals surface area (Å²) in [5.41, 5.74) is 7.25.